The lowest BCUT2D eigenvalue weighted by atomic mass is 10.0. The maximum atomic E-state index is 5.90. The Kier molecular flexibility index (Phi) is 4.79. The van der Waals surface area contributed by atoms with Crippen LogP contribution in [-0.2, 0) is 0 Å². The van der Waals surface area contributed by atoms with Crippen LogP contribution in [0.3, 0.4) is 0 Å². The van der Waals surface area contributed by atoms with E-state index in [1.807, 2.05) is 37.4 Å². The van der Waals surface area contributed by atoms with Crippen molar-refractivity contribution < 1.29 is 0 Å². The third-order valence-corrected chi connectivity index (χ3v) is 2.38. The number of nitrogens with one attached hydrogen (secondary N) is 2. The minimum Gasteiger partial charge on any atom is -0.384 e. The van der Waals surface area contributed by atoms with Gasteiger partial charge >= 0.3 is 0 Å². The van der Waals surface area contributed by atoms with E-state index in [0.717, 1.165) is 5.69 Å². The normalized spacial score (nSPS) is 13.9. The monoisotopic (exact) mass is 220 g/mol. The van der Waals surface area contributed by atoms with E-state index in [2.05, 4.69) is 29.7 Å². The molecular weight excluding hydrogens is 200 g/mol. The Morgan fingerprint density at radius 3 is 2.38 bits per heavy atom. The molecule has 0 aromatic heterocycles. The fraction of sp³-hybridized carbons (Fsp3) is 0.417. The fourth-order valence-electron chi connectivity index (χ4n) is 1.53. The summed E-state index contributed by atoms with van der Waals surface area (Å²) >= 11 is 0. The van der Waals surface area contributed by atoms with Crippen molar-refractivity contribution in [3.8, 4) is 0 Å². The maximum absolute atomic E-state index is 5.90. The lowest BCUT2D eigenvalue weighted by Gasteiger charge is -2.19. The second-order valence-corrected chi connectivity index (χ2v) is 4.02. The van der Waals surface area contributed by atoms with Crippen LogP contribution in [-0.4, -0.2) is 18.9 Å². The first-order valence-electron chi connectivity index (χ1n) is 5.46. The number of likely N-dealkylation sites (N-methyl/N-ethyl adjacent to an activating group) is 1. The Morgan fingerprint density at radius 1 is 1.25 bits per heavy atom. The van der Waals surface area contributed by atoms with E-state index < -0.39 is 0 Å². The van der Waals surface area contributed by atoms with Crippen LogP contribution in [0.1, 0.15) is 13.8 Å². The molecule has 0 bridgehead atoms. The summed E-state index contributed by atoms with van der Waals surface area (Å²) in [5.41, 5.74) is 9.77. The molecule has 1 atom stereocenters. The van der Waals surface area contributed by atoms with Gasteiger partial charge in [-0.25, -0.2) is 0 Å². The predicted octanol–water partition coefficient (Wildman–Crippen LogP) is 1.61. The molecule has 0 aliphatic rings. The van der Waals surface area contributed by atoms with E-state index >= 15 is 0 Å². The van der Waals surface area contributed by atoms with E-state index in [-0.39, 0.29) is 6.04 Å². The Hall–Kier alpha value is -1.55. The zero-order valence-electron chi connectivity index (χ0n) is 10.1. The van der Waals surface area contributed by atoms with Gasteiger partial charge in [0.15, 0.2) is 0 Å². The van der Waals surface area contributed by atoms with Crippen LogP contribution in [0.5, 0.6) is 0 Å². The van der Waals surface area contributed by atoms with E-state index in [0.29, 0.717) is 11.8 Å². The van der Waals surface area contributed by atoms with E-state index in [1.165, 1.54) is 0 Å². The van der Waals surface area contributed by atoms with Crippen molar-refractivity contribution in [1.82, 2.24) is 5.32 Å². The Labute approximate surface area is 96.9 Å². The van der Waals surface area contributed by atoms with Crippen LogP contribution < -0.4 is 16.5 Å². The number of para-hydroxylation sites is 1. The predicted molar refractivity (Wildman–Crippen MR) is 69.4 cm³/mol. The zero-order valence-corrected chi connectivity index (χ0v) is 10.1. The first-order chi connectivity index (χ1) is 7.65. The molecule has 4 heteroatoms. The van der Waals surface area contributed by atoms with Crippen molar-refractivity contribution in [3.63, 3.8) is 0 Å². The average molecular weight is 220 g/mol. The summed E-state index contributed by atoms with van der Waals surface area (Å²) in [5.74, 6) is 0.979. The molecule has 0 radical (unpaired) electrons. The van der Waals surface area contributed by atoms with Gasteiger partial charge in [0.25, 0.3) is 0 Å². The van der Waals surface area contributed by atoms with Crippen LogP contribution in [0, 0.1) is 5.92 Å². The highest BCUT2D eigenvalue weighted by Gasteiger charge is 2.14. The Morgan fingerprint density at radius 2 is 1.88 bits per heavy atom. The maximum Gasteiger partial charge on any atom is 0.137 e. The van der Waals surface area contributed by atoms with Gasteiger partial charge in [-0.1, -0.05) is 32.0 Å². The molecule has 0 amide bonds. The number of amidine groups is 1. The third kappa shape index (κ3) is 3.55. The number of benzene rings is 1. The lowest BCUT2D eigenvalue weighted by Crippen LogP contribution is -2.43. The highest BCUT2D eigenvalue weighted by Crippen LogP contribution is 2.06. The Bertz CT molecular complexity index is 332. The number of hydrogen-bond acceptors (Lipinski definition) is 3. The smallest absolute Gasteiger partial charge is 0.137 e. The number of nitrogens with two attached hydrogens (primary N) is 1. The molecule has 0 saturated heterocycles. The summed E-state index contributed by atoms with van der Waals surface area (Å²) in [5, 5.41) is 7.31. The van der Waals surface area contributed by atoms with E-state index in [4.69, 9.17) is 5.73 Å². The molecule has 0 spiro atoms. The van der Waals surface area contributed by atoms with Crippen LogP contribution in [0.2, 0.25) is 0 Å². The second-order valence-electron chi connectivity index (χ2n) is 4.02. The van der Waals surface area contributed by atoms with Crippen LogP contribution in [0.25, 0.3) is 0 Å². The van der Waals surface area contributed by atoms with Gasteiger partial charge in [-0.2, -0.15) is 5.10 Å². The summed E-state index contributed by atoms with van der Waals surface area (Å²) in [6.45, 7) is 4.21. The lowest BCUT2D eigenvalue weighted by molar-refractivity contribution is 0.520. The molecule has 16 heavy (non-hydrogen) atoms. The molecule has 4 N–H and O–H groups in total. The largest absolute Gasteiger partial charge is 0.384 e. The standard InChI is InChI=1S/C12H20N4/c1-9(2)11(14-3)12(13)16-15-10-7-5-4-6-8-10/h4-9,11,14-15H,1-3H3,(H2,13,16)/t11-/m1/s1. The van der Waals surface area contributed by atoms with Crippen LogP contribution >= 0.6 is 0 Å². The molecule has 4 nitrogen and oxygen atoms in total. The molecule has 0 saturated carbocycles. The van der Waals surface area contributed by atoms with Crippen molar-refractivity contribution in [1.29, 1.82) is 0 Å². The summed E-state index contributed by atoms with van der Waals surface area (Å²) in [6, 6.07) is 9.85. The molecule has 0 fully saturated rings. The summed E-state index contributed by atoms with van der Waals surface area (Å²) in [6.07, 6.45) is 0. The molecular formula is C12H20N4. The first kappa shape index (κ1) is 12.5. The van der Waals surface area contributed by atoms with E-state index in [9.17, 15) is 0 Å². The molecule has 1 aromatic rings. The number of nitrogens with zero attached hydrogens (tertiary/aromatic N) is 1. The van der Waals surface area contributed by atoms with Crippen molar-refractivity contribution in [3.05, 3.63) is 30.3 Å². The average Bonchev–Trinajstić information content (AvgIpc) is 2.28. The van der Waals surface area contributed by atoms with Gasteiger partial charge in [0, 0.05) is 0 Å². The minimum atomic E-state index is 0.0937. The molecule has 1 aromatic carbocycles. The second kappa shape index (κ2) is 6.12. The highest BCUT2D eigenvalue weighted by atomic mass is 15.3. The van der Waals surface area contributed by atoms with Gasteiger partial charge < -0.3 is 11.1 Å². The topological polar surface area (TPSA) is 62.4 Å². The van der Waals surface area contributed by atoms with Crippen molar-refractivity contribution in [2.75, 3.05) is 12.5 Å². The first-order valence-corrected chi connectivity index (χ1v) is 5.46. The van der Waals surface area contributed by atoms with Gasteiger partial charge in [-0.05, 0) is 25.1 Å². The minimum absolute atomic E-state index is 0.0937. The third-order valence-electron chi connectivity index (χ3n) is 2.38. The molecule has 88 valence electrons. The quantitative estimate of drug-likeness (QED) is 0.401. The summed E-state index contributed by atoms with van der Waals surface area (Å²) in [7, 11) is 1.88. The summed E-state index contributed by atoms with van der Waals surface area (Å²) < 4.78 is 0. The van der Waals surface area contributed by atoms with E-state index in [1.54, 1.807) is 0 Å². The zero-order chi connectivity index (χ0) is 12.0. The van der Waals surface area contributed by atoms with Gasteiger partial charge in [0.1, 0.15) is 5.84 Å². The molecule has 1 rings (SSSR count). The van der Waals surface area contributed by atoms with Gasteiger partial charge in [-0.3, -0.25) is 5.43 Å². The molecule has 0 heterocycles. The van der Waals surface area contributed by atoms with Crippen molar-refractivity contribution in [2.24, 2.45) is 16.8 Å². The molecule has 0 aliphatic carbocycles. The fourth-order valence-corrected chi connectivity index (χ4v) is 1.53. The number of hydrazone groups is 1. The van der Waals surface area contributed by atoms with Crippen molar-refractivity contribution in [2.45, 2.75) is 19.9 Å². The molecule has 0 aliphatic heterocycles. The van der Waals surface area contributed by atoms with Crippen LogP contribution in [0.4, 0.5) is 5.69 Å². The van der Waals surface area contributed by atoms with Gasteiger partial charge in [-0.15, -0.1) is 0 Å². The summed E-state index contributed by atoms with van der Waals surface area (Å²) in [4.78, 5) is 0. The molecule has 0 unspecified atom stereocenters. The SMILES string of the molecule is CN[C@@H](C(N)=NNc1ccccc1)C(C)C. The number of anilines is 1. The number of rotatable bonds is 5. The highest BCUT2D eigenvalue weighted by molar-refractivity contribution is 5.86. The van der Waals surface area contributed by atoms with Gasteiger partial charge in [0.05, 0.1) is 11.7 Å². The van der Waals surface area contributed by atoms with Crippen LogP contribution in [0.15, 0.2) is 35.4 Å². The van der Waals surface area contributed by atoms with Crippen molar-refractivity contribution >= 4 is 11.5 Å². The number of hydrogen-bond donors (Lipinski definition) is 3. The Balaban J connectivity index is 2.63. The van der Waals surface area contributed by atoms with Gasteiger partial charge in [0.2, 0.25) is 0 Å².